The minimum Gasteiger partial charge on any atom is -0.388 e. The Morgan fingerprint density at radius 2 is 2.00 bits per heavy atom. The molecule has 0 aromatic rings. The fourth-order valence-electron chi connectivity index (χ4n) is 0.637. The average molecular weight is 177 g/mol. The molecule has 0 fully saturated rings. The highest BCUT2D eigenvalue weighted by Gasteiger charge is 2.01. The maximum absolute atomic E-state index is 10.5. The van der Waals surface area contributed by atoms with Crippen molar-refractivity contribution in [2.45, 2.75) is 19.3 Å². The molecule has 3 N–H and O–H groups in total. The van der Waals surface area contributed by atoms with E-state index in [4.69, 9.17) is 11.1 Å². The van der Waals surface area contributed by atoms with Gasteiger partial charge < -0.3 is 5.73 Å². The van der Waals surface area contributed by atoms with Crippen LogP contribution in [0.3, 0.4) is 0 Å². The van der Waals surface area contributed by atoms with Crippen molar-refractivity contribution in [1.29, 1.82) is 5.41 Å². The molecule has 0 aromatic carbocycles. The molecule has 0 amide bonds. The lowest BCUT2D eigenvalue weighted by molar-refractivity contribution is 0.600. The van der Waals surface area contributed by atoms with Gasteiger partial charge in [0.05, 0.1) is 17.8 Å². The number of hydrogen-bond acceptors (Lipinski definition) is 3. The Morgan fingerprint density at radius 3 is 2.36 bits per heavy atom. The summed E-state index contributed by atoms with van der Waals surface area (Å²) in [6.45, 7) is 0. The van der Waals surface area contributed by atoms with E-state index in [1.807, 2.05) is 0 Å². The van der Waals surface area contributed by atoms with Crippen LogP contribution in [0, 0.1) is 11.7 Å². The molecule has 5 heteroatoms. The Balaban J connectivity index is 3.37. The topological polar surface area (TPSA) is 84.0 Å². The van der Waals surface area contributed by atoms with Gasteiger partial charge in [-0.25, -0.2) is 8.42 Å². The second-order valence-electron chi connectivity index (χ2n) is 2.43. The van der Waals surface area contributed by atoms with E-state index >= 15 is 0 Å². The van der Waals surface area contributed by atoms with Gasteiger partial charge in [0.25, 0.3) is 0 Å². The molecule has 0 bridgehead atoms. The van der Waals surface area contributed by atoms with Crippen LogP contribution in [0.2, 0.25) is 0 Å². The highest BCUT2D eigenvalue weighted by Crippen LogP contribution is 1.98. The van der Waals surface area contributed by atoms with Crippen molar-refractivity contribution >= 4 is 15.7 Å². The highest BCUT2D eigenvalue weighted by atomic mass is 32.2. The molecule has 0 spiro atoms. The molecule has 0 aliphatic rings. The zero-order chi connectivity index (χ0) is 8.91. The smallest absolute Gasteiger partial charge is 0.151 e. The number of nitrogens with two attached hydrogens (primary N) is 1. The number of nitrogens with one attached hydrogen (secondary N) is 1. The van der Waals surface area contributed by atoms with Crippen molar-refractivity contribution in [2.24, 2.45) is 5.73 Å². The molecule has 0 heterocycles. The maximum Gasteiger partial charge on any atom is 0.151 e. The summed E-state index contributed by atoms with van der Waals surface area (Å²) in [5.74, 6) is 0.187. The van der Waals surface area contributed by atoms with E-state index in [9.17, 15) is 8.42 Å². The van der Waals surface area contributed by atoms with Gasteiger partial charge in [-0.05, 0) is 12.8 Å². The number of amidine groups is 1. The normalized spacial score (nSPS) is 11.4. The van der Waals surface area contributed by atoms with Gasteiger partial charge in [0.2, 0.25) is 0 Å². The quantitative estimate of drug-likeness (QED) is 0.360. The molecule has 1 radical (unpaired) electrons. The molecule has 0 rings (SSSR count). The number of sulfone groups is 1. The van der Waals surface area contributed by atoms with Crippen LogP contribution in [0.5, 0.6) is 0 Å². The minimum atomic E-state index is -3.08. The van der Waals surface area contributed by atoms with E-state index in [-0.39, 0.29) is 11.6 Å². The summed E-state index contributed by atoms with van der Waals surface area (Å²) in [7, 11) is -3.08. The first-order valence-electron chi connectivity index (χ1n) is 3.30. The average Bonchev–Trinajstić information content (AvgIpc) is 1.78. The summed E-state index contributed by atoms with van der Waals surface area (Å²) in [5.41, 5.74) is 5.06. The van der Waals surface area contributed by atoms with Crippen molar-refractivity contribution in [3.8, 4) is 0 Å². The van der Waals surface area contributed by atoms with Crippen LogP contribution in [-0.2, 0) is 9.84 Å². The zero-order valence-electron chi connectivity index (χ0n) is 6.34. The molecule has 0 aliphatic heterocycles. The van der Waals surface area contributed by atoms with Crippen molar-refractivity contribution in [3.63, 3.8) is 0 Å². The van der Waals surface area contributed by atoms with Gasteiger partial charge in [-0.1, -0.05) is 0 Å². The molecule has 11 heavy (non-hydrogen) atoms. The van der Waals surface area contributed by atoms with Gasteiger partial charge in [-0.15, -0.1) is 0 Å². The molecule has 4 nitrogen and oxygen atoms in total. The Morgan fingerprint density at radius 1 is 1.45 bits per heavy atom. The predicted molar refractivity (Wildman–Crippen MR) is 44.9 cm³/mol. The lowest BCUT2D eigenvalue weighted by Crippen LogP contribution is -2.09. The molecule has 0 saturated carbocycles. The highest BCUT2D eigenvalue weighted by molar-refractivity contribution is 7.92. The van der Waals surface area contributed by atoms with Gasteiger partial charge in [-0.3, -0.25) is 5.41 Å². The Hall–Kier alpha value is -0.580. The van der Waals surface area contributed by atoms with Crippen molar-refractivity contribution in [2.75, 3.05) is 5.75 Å². The Labute approximate surface area is 67.2 Å². The second kappa shape index (κ2) is 4.33. The standard InChI is InChI=1S/C6H13N2O2S/c1-11(9,10)5-3-2-4-6(7)8/h1-5H2,(H3,7,8). The van der Waals surface area contributed by atoms with Crippen molar-refractivity contribution in [3.05, 3.63) is 6.26 Å². The van der Waals surface area contributed by atoms with Crippen LogP contribution in [0.25, 0.3) is 0 Å². The fourth-order valence-corrected chi connectivity index (χ4v) is 1.28. The summed E-state index contributed by atoms with van der Waals surface area (Å²) in [5, 5.41) is 6.84. The third kappa shape index (κ3) is 9.42. The first-order chi connectivity index (χ1) is 4.92. The monoisotopic (exact) mass is 177 g/mol. The number of rotatable bonds is 5. The maximum atomic E-state index is 10.5. The molecular formula is C6H13N2O2S. The molecule has 0 atom stereocenters. The van der Waals surface area contributed by atoms with E-state index in [1.165, 1.54) is 0 Å². The van der Waals surface area contributed by atoms with Crippen molar-refractivity contribution in [1.82, 2.24) is 0 Å². The first-order valence-corrected chi connectivity index (χ1v) is 5.12. The Bertz CT molecular complexity index is 221. The molecule has 65 valence electrons. The number of unbranched alkanes of at least 4 members (excludes halogenated alkanes) is 1. The van der Waals surface area contributed by atoms with Crippen LogP contribution in [-0.4, -0.2) is 20.0 Å². The lowest BCUT2D eigenvalue weighted by Gasteiger charge is -1.97. The van der Waals surface area contributed by atoms with E-state index in [1.54, 1.807) is 0 Å². The summed E-state index contributed by atoms with van der Waals surface area (Å²) in [6, 6.07) is 0. The predicted octanol–water partition coefficient (Wildman–Crippen LogP) is 0.299. The van der Waals surface area contributed by atoms with Crippen LogP contribution < -0.4 is 5.73 Å². The van der Waals surface area contributed by atoms with Gasteiger partial charge in [0.15, 0.2) is 9.84 Å². The zero-order valence-corrected chi connectivity index (χ0v) is 7.15. The number of hydrogen-bond donors (Lipinski definition) is 2. The molecule has 0 saturated heterocycles. The van der Waals surface area contributed by atoms with Crippen LogP contribution in [0.4, 0.5) is 0 Å². The van der Waals surface area contributed by atoms with E-state index in [0.29, 0.717) is 19.3 Å². The molecule has 0 unspecified atom stereocenters. The van der Waals surface area contributed by atoms with Gasteiger partial charge >= 0.3 is 0 Å². The summed E-state index contributed by atoms with van der Waals surface area (Å²) in [4.78, 5) is 0. The van der Waals surface area contributed by atoms with Crippen LogP contribution >= 0.6 is 0 Å². The third-order valence-corrected chi connectivity index (χ3v) is 2.06. The second-order valence-corrected chi connectivity index (χ2v) is 4.33. The van der Waals surface area contributed by atoms with Crippen LogP contribution in [0.1, 0.15) is 19.3 Å². The third-order valence-electron chi connectivity index (χ3n) is 1.15. The van der Waals surface area contributed by atoms with Gasteiger partial charge in [-0.2, -0.15) is 0 Å². The van der Waals surface area contributed by atoms with Crippen LogP contribution in [0.15, 0.2) is 0 Å². The summed E-state index contributed by atoms with van der Waals surface area (Å²) in [6.07, 6.45) is 4.62. The largest absolute Gasteiger partial charge is 0.388 e. The van der Waals surface area contributed by atoms with E-state index in [2.05, 4.69) is 6.26 Å². The molecule has 0 aromatic heterocycles. The minimum absolute atomic E-state index is 0.0836. The molecule has 0 aliphatic carbocycles. The fraction of sp³-hybridized carbons (Fsp3) is 0.667. The first kappa shape index (κ1) is 10.4. The summed E-state index contributed by atoms with van der Waals surface area (Å²) >= 11 is 0. The SMILES string of the molecule is [CH2]S(=O)(=O)CCCCC(=N)N. The lowest BCUT2D eigenvalue weighted by atomic mass is 10.2. The van der Waals surface area contributed by atoms with E-state index in [0.717, 1.165) is 0 Å². The van der Waals surface area contributed by atoms with E-state index < -0.39 is 9.84 Å². The van der Waals surface area contributed by atoms with Crippen molar-refractivity contribution < 1.29 is 8.42 Å². The summed E-state index contributed by atoms with van der Waals surface area (Å²) < 4.78 is 21.0. The van der Waals surface area contributed by atoms with Gasteiger partial charge in [0.1, 0.15) is 0 Å². The molecular weight excluding hydrogens is 164 g/mol. The Kier molecular flexibility index (Phi) is 4.10. The van der Waals surface area contributed by atoms with Gasteiger partial charge in [0, 0.05) is 6.42 Å².